The van der Waals surface area contributed by atoms with E-state index in [0.29, 0.717) is 0 Å². The van der Waals surface area contributed by atoms with Crippen molar-refractivity contribution in [3.63, 3.8) is 0 Å². The minimum Gasteiger partial charge on any atom is -0.309 e. The zero-order valence-electron chi connectivity index (χ0n) is 64.0. The second-order valence-electron chi connectivity index (χ2n) is 30.9. The van der Waals surface area contributed by atoms with Gasteiger partial charge < -0.3 is 13.7 Å². The Balaban J connectivity index is 0.000000104. The number of aromatic nitrogens is 3. The van der Waals surface area contributed by atoms with Gasteiger partial charge in [-0.05, 0) is 210 Å². The predicted molar refractivity (Wildman–Crippen MR) is 502 cm³/mol. The van der Waals surface area contributed by atoms with Crippen LogP contribution >= 0.6 is 0 Å². The van der Waals surface area contributed by atoms with Crippen LogP contribution in [0.4, 0.5) is 0 Å². The first-order valence-corrected chi connectivity index (χ1v) is 40.4. The molecule has 544 valence electrons. The summed E-state index contributed by atoms with van der Waals surface area (Å²) >= 11 is 0. The van der Waals surface area contributed by atoms with Crippen LogP contribution in [0.3, 0.4) is 0 Å². The molecule has 0 fully saturated rings. The van der Waals surface area contributed by atoms with Gasteiger partial charge in [0.25, 0.3) is 0 Å². The van der Waals surface area contributed by atoms with Crippen molar-refractivity contribution < 1.29 is 0 Å². The Kier molecular flexibility index (Phi) is 16.0. The van der Waals surface area contributed by atoms with Gasteiger partial charge in [-0.1, -0.05) is 358 Å². The summed E-state index contributed by atoms with van der Waals surface area (Å²) in [6.45, 7) is 0. The van der Waals surface area contributed by atoms with E-state index < -0.39 is 0 Å². The van der Waals surface area contributed by atoms with Gasteiger partial charge >= 0.3 is 0 Å². The third-order valence-electron chi connectivity index (χ3n) is 24.5. The molecule has 3 aromatic heterocycles. The lowest BCUT2D eigenvalue weighted by Gasteiger charge is -2.12. The van der Waals surface area contributed by atoms with Crippen LogP contribution in [0.1, 0.15) is 0 Å². The maximum Gasteiger partial charge on any atom is 0.0547 e. The van der Waals surface area contributed by atoms with Crippen molar-refractivity contribution in [3.8, 4) is 61.6 Å². The molecule has 0 saturated heterocycles. The third kappa shape index (κ3) is 11.3. The van der Waals surface area contributed by atoms with E-state index in [1.807, 2.05) is 0 Å². The van der Waals surface area contributed by atoms with Crippen LogP contribution in [0, 0.1) is 0 Å². The van der Waals surface area contributed by atoms with Crippen molar-refractivity contribution in [3.05, 3.63) is 443 Å². The van der Waals surface area contributed by atoms with E-state index in [9.17, 15) is 0 Å². The molecular weight excluding hydrogens is 1410 g/mol. The Bertz CT molecular complexity index is 8310. The molecule has 22 aromatic carbocycles. The lowest BCUT2D eigenvalue weighted by atomic mass is 9.95. The van der Waals surface area contributed by atoms with Gasteiger partial charge in [0.1, 0.15) is 0 Å². The largest absolute Gasteiger partial charge is 0.309 e. The van der Waals surface area contributed by atoms with E-state index >= 15 is 0 Å². The van der Waals surface area contributed by atoms with Gasteiger partial charge in [0.15, 0.2) is 0 Å². The average Bonchev–Trinajstić information content (AvgIpc) is 1.58. The first-order valence-electron chi connectivity index (χ1n) is 40.4. The summed E-state index contributed by atoms with van der Waals surface area (Å²) in [7, 11) is 0. The van der Waals surface area contributed by atoms with Gasteiger partial charge in [0.2, 0.25) is 0 Å². The number of nitrogens with zero attached hydrogens (tertiary/aromatic N) is 3. The molecule has 0 aliphatic carbocycles. The fourth-order valence-corrected chi connectivity index (χ4v) is 19.1. The topological polar surface area (TPSA) is 14.8 Å². The Morgan fingerprint density at radius 2 is 0.393 bits per heavy atom. The summed E-state index contributed by atoms with van der Waals surface area (Å²) in [4.78, 5) is 0. The van der Waals surface area contributed by atoms with Crippen LogP contribution in [-0.2, 0) is 0 Å². The minimum absolute atomic E-state index is 1.21. The number of benzene rings is 22. The standard InChI is InChI=1S/C42H27N.2C36H23N/c1-2-9-28(10-3-1)31-19-20-33-26-34(22-21-32(33)25-31)35-18-17-30-23-24-41-42(38(30)27-35)37-14-6-7-15-40(37)43(41)39-16-8-12-29-11-4-5-13-36(29)39;1-3-13-28-24(9-1)11-7-16-29(28)26-19-21-31-27(23-26)20-22-35-36(31)32-15-5-6-17-34(32)37(35)33-18-8-12-25-10-2-4-14-30(25)33;1-3-13-28-24(9-1)11-7-16-29(28)27-20-19-26-21-22-35-36(32(26)23-27)31-15-5-6-17-34(31)37(35)33-18-8-12-25-10-2-4-14-30(25)33/h1-27H;2*1-23H. The molecule has 0 amide bonds. The number of fused-ring (bicyclic) bond motifs is 21. The molecule has 0 spiro atoms. The average molecular weight is 1480 g/mol. The van der Waals surface area contributed by atoms with E-state index in [4.69, 9.17) is 0 Å². The lowest BCUT2D eigenvalue weighted by Crippen LogP contribution is -1.95. The summed E-state index contributed by atoms with van der Waals surface area (Å²) in [5.74, 6) is 0. The molecule has 117 heavy (non-hydrogen) atoms. The van der Waals surface area contributed by atoms with E-state index in [0.717, 1.165) is 0 Å². The Hall–Kier alpha value is -15.4. The van der Waals surface area contributed by atoms with E-state index in [1.54, 1.807) is 0 Å². The van der Waals surface area contributed by atoms with Crippen LogP contribution in [-0.4, -0.2) is 13.7 Å². The number of hydrogen-bond acceptors (Lipinski definition) is 0. The van der Waals surface area contributed by atoms with Gasteiger partial charge in [-0.25, -0.2) is 0 Å². The molecule has 3 heterocycles. The monoisotopic (exact) mass is 1480 g/mol. The van der Waals surface area contributed by atoms with Gasteiger partial charge in [-0.3, -0.25) is 0 Å². The SMILES string of the molecule is c1ccc(-c2ccc3cc(-c4ccc5ccc6c(c5c4)c4ccccc4n6-c4cccc5ccccc45)ccc3c2)cc1.c1ccc2c(-c3ccc4c(ccc5c4c4ccccc4n5-c4cccc5ccccc45)c3)cccc2c1.c1ccc2c(-c3ccc4ccc5c(c4c3)c3ccccc3n5-c3cccc4ccccc34)cccc2c1. The van der Waals surface area contributed by atoms with Crippen molar-refractivity contribution in [2.75, 3.05) is 0 Å². The highest BCUT2D eigenvalue weighted by Crippen LogP contribution is 2.46. The maximum absolute atomic E-state index is 2.44. The Morgan fingerprint density at radius 3 is 0.838 bits per heavy atom. The van der Waals surface area contributed by atoms with Crippen molar-refractivity contribution in [2.24, 2.45) is 0 Å². The molecule has 25 rings (SSSR count). The van der Waals surface area contributed by atoms with E-state index in [1.165, 1.54) is 224 Å². The molecule has 0 radical (unpaired) electrons. The molecule has 0 aliphatic heterocycles. The zero-order valence-corrected chi connectivity index (χ0v) is 64.0. The van der Waals surface area contributed by atoms with E-state index in [-0.39, 0.29) is 0 Å². The highest BCUT2D eigenvalue weighted by atomic mass is 15.0. The quantitative estimate of drug-likeness (QED) is 0.151. The summed E-state index contributed by atoms with van der Waals surface area (Å²) < 4.78 is 7.32. The van der Waals surface area contributed by atoms with Crippen LogP contribution in [0.5, 0.6) is 0 Å². The maximum atomic E-state index is 2.44. The van der Waals surface area contributed by atoms with Crippen LogP contribution < -0.4 is 0 Å². The summed E-state index contributed by atoms with van der Waals surface area (Å²) in [5.41, 5.74) is 21.1. The van der Waals surface area contributed by atoms with Gasteiger partial charge in [-0.15, -0.1) is 0 Å². The zero-order chi connectivity index (χ0) is 77.0. The normalized spacial score (nSPS) is 11.8. The molecule has 0 saturated carbocycles. The summed E-state index contributed by atoms with van der Waals surface area (Å²) in [6, 6.07) is 161. The Morgan fingerprint density at radius 1 is 0.120 bits per heavy atom. The molecule has 0 bridgehead atoms. The first kappa shape index (κ1) is 67.3. The molecular formula is C114H73N3. The predicted octanol–water partition coefficient (Wildman–Crippen LogP) is 31.4. The number of hydrogen-bond donors (Lipinski definition) is 0. The summed E-state index contributed by atoms with van der Waals surface area (Å²) in [6.07, 6.45) is 0. The molecule has 0 unspecified atom stereocenters. The van der Waals surface area contributed by atoms with Crippen LogP contribution in [0.2, 0.25) is 0 Å². The van der Waals surface area contributed by atoms with Crippen molar-refractivity contribution in [1.29, 1.82) is 0 Å². The minimum atomic E-state index is 1.21. The van der Waals surface area contributed by atoms with Crippen molar-refractivity contribution in [1.82, 2.24) is 13.7 Å². The Labute approximate surface area is 675 Å². The fraction of sp³-hybridized carbons (Fsp3) is 0. The molecule has 25 aromatic rings. The molecule has 0 aliphatic rings. The van der Waals surface area contributed by atoms with Gasteiger partial charge in [0.05, 0.1) is 50.2 Å². The third-order valence-corrected chi connectivity index (χ3v) is 24.5. The molecule has 0 N–H and O–H groups in total. The molecule has 3 heteroatoms. The van der Waals surface area contributed by atoms with Crippen LogP contribution in [0.25, 0.3) is 224 Å². The summed E-state index contributed by atoms with van der Waals surface area (Å²) in [5, 5.41) is 30.6. The molecule has 3 nitrogen and oxygen atoms in total. The number of rotatable bonds is 7. The first-order chi connectivity index (χ1) is 58.0. The van der Waals surface area contributed by atoms with Crippen LogP contribution in [0.15, 0.2) is 443 Å². The van der Waals surface area contributed by atoms with Crippen molar-refractivity contribution in [2.45, 2.75) is 0 Å². The van der Waals surface area contributed by atoms with Crippen molar-refractivity contribution >= 4 is 162 Å². The van der Waals surface area contributed by atoms with Gasteiger partial charge in [-0.2, -0.15) is 0 Å². The lowest BCUT2D eigenvalue weighted by molar-refractivity contribution is 1.20. The van der Waals surface area contributed by atoms with E-state index in [2.05, 4.69) is 457 Å². The fourth-order valence-electron chi connectivity index (χ4n) is 19.1. The highest BCUT2D eigenvalue weighted by Gasteiger charge is 2.22. The second-order valence-corrected chi connectivity index (χ2v) is 30.9. The number of para-hydroxylation sites is 3. The highest BCUT2D eigenvalue weighted by molar-refractivity contribution is 6.26. The second kappa shape index (κ2) is 27.8. The smallest absolute Gasteiger partial charge is 0.0547 e. The van der Waals surface area contributed by atoms with Gasteiger partial charge in [0, 0.05) is 48.5 Å². The molecule has 0 atom stereocenters.